The van der Waals surface area contributed by atoms with Gasteiger partial charge in [-0.2, -0.15) is 13.2 Å². The van der Waals surface area contributed by atoms with Crippen LogP contribution in [0, 0.1) is 6.92 Å². The lowest BCUT2D eigenvalue weighted by molar-refractivity contribution is -0.137. The van der Waals surface area contributed by atoms with Gasteiger partial charge in [0, 0.05) is 10.9 Å². The minimum atomic E-state index is -4.70. The highest BCUT2D eigenvalue weighted by molar-refractivity contribution is 7.92. The number of sulfonamides is 1. The van der Waals surface area contributed by atoms with E-state index in [2.05, 4.69) is 4.72 Å². The molecule has 0 aliphatic heterocycles. The maximum atomic E-state index is 13.4. The Morgan fingerprint density at radius 2 is 1.66 bits per heavy atom. The van der Waals surface area contributed by atoms with Gasteiger partial charge in [-0.05, 0) is 30.2 Å². The summed E-state index contributed by atoms with van der Waals surface area (Å²) in [7, 11) is -4.24. The van der Waals surface area contributed by atoms with E-state index < -0.39 is 38.3 Å². The van der Waals surface area contributed by atoms with E-state index in [-0.39, 0.29) is 16.0 Å². The number of aromatic carboxylic acids is 1. The van der Waals surface area contributed by atoms with Crippen molar-refractivity contribution in [2.24, 2.45) is 0 Å². The first-order valence-corrected chi connectivity index (χ1v) is 10.5. The van der Waals surface area contributed by atoms with Crippen LogP contribution >= 0.6 is 11.3 Å². The Hall–Kier alpha value is -2.85. The second-order valence-corrected chi connectivity index (χ2v) is 8.60. The van der Waals surface area contributed by atoms with Crippen molar-refractivity contribution in [3.8, 4) is 11.1 Å². The lowest BCUT2D eigenvalue weighted by Gasteiger charge is -2.15. The molecule has 0 saturated carbocycles. The normalized spacial score (nSPS) is 12.0. The number of halogens is 3. The second kappa shape index (κ2) is 7.53. The Morgan fingerprint density at radius 3 is 2.28 bits per heavy atom. The molecule has 5 nitrogen and oxygen atoms in total. The van der Waals surface area contributed by atoms with E-state index in [1.807, 2.05) is 0 Å². The number of rotatable bonds is 5. The zero-order valence-electron chi connectivity index (χ0n) is 14.8. The monoisotopic (exact) mass is 441 g/mol. The third-order valence-electron chi connectivity index (χ3n) is 4.13. The smallest absolute Gasteiger partial charge is 0.417 e. The summed E-state index contributed by atoms with van der Waals surface area (Å²) in [6.45, 7) is 1.56. The van der Waals surface area contributed by atoms with Crippen molar-refractivity contribution >= 4 is 33.0 Å². The fourth-order valence-corrected chi connectivity index (χ4v) is 5.09. The number of aryl methyl sites for hydroxylation is 1. The van der Waals surface area contributed by atoms with E-state index in [1.165, 1.54) is 35.7 Å². The van der Waals surface area contributed by atoms with Gasteiger partial charge in [-0.15, -0.1) is 11.3 Å². The molecule has 2 N–H and O–H groups in total. The fraction of sp³-hybridized carbons (Fsp3) is 0.105. The largest absolute Gasteiger partial charge is 0.477 e. The van der Waals surface area contributed by atoms with Gasteiger partial charge >= 0.3 is 12.1 Å². The van der Waals surface area contributed by atoms with Gasteiger partial charge in [0.15, 0.2) is 0 Å². The number of hydrogen-bond donors (Lipinski definition) is 2. The third-order valence-corrected chi connectivity index (χ3v) is 6.61. The first-order chi connectivity index (χ1) is 13.5. The van der Waals surface area contributed by atoms with Gasteiger partial charge in [0.1, 0.15) is 4.88 Å². The van der Waals surface area contributed by atoms with Crippen LogP contribution in [0.15, 0.2) is 58.8 Å². The van der Waals surface area contributed by atoms with Crippen molar-refractivity contribution in [1.82, 2.24) is 0 Å². The molecule has 0 fully saturated rings. The van der Waals surface area contributed by atoms with E-state index in [4.69, 9.17) is 0 Å². The lowest BCUT2D eigenvalue weighted by atomic mass is 10.0. The molecule has 0 bridgehead atoms. The van der Waals surface area contributed by atoms with Gasteiger partial charge in [0.05, 0.1) is 16.1 Å². The number of benzene rings is 2. The number of thiophene rings is 1. The lowest BCUT2D eigenvalue weighted by Crippen LogP contribution is -2.16. The van der Waals surface area contributed by atoms with Crippen LogP contribution in [-0.2, 0) is 16.2 Å². The third kappa shape index (κ3) is 4.13. The Morgan fingerprint density at radius 1 is 1.03 bits per heavy atom. The predicted octanol–water partition coefficient (Wildman–Crippen LogP) is 5.24. The Bertz CT molecular complexity index is 1180. The summed E-state index contributed by atoms with van der Waals surface area (Å²) < 4.78 is 68.2. The van der Waals surface area contributed by atoms with Crippen LogP contribution in [0.3, 0.4) is 0 Å². The highest BCUT2D eigenvalue weighted by atomic mass is 32.2. The van der Waals surface area contributed by atoms with Crippen LogP contribution in [0.2, 0.25) is 0 Å². The van der Waals surface area contributed by atoms with Gasteiger partial charge in [0.25, 0.3) is 10.0 Å². The highest BCUT2D eigenvalue weighted by Crippen LogP contribution is 2.43. The maximum absolute atomic E-state index is 13.4. The van der Waals surface area contributed by atoms with E-state index in [0.717, 1.165) is 6.07 Å². The minimum Gasteiger partial charge on any atom is -0.477 e. The minimum absolute atomic E-state index is 0.0994. The SMILES string of the molecule is Cc1ccccc1S(=O)(=O)Nc1c(-c2ccccc2C(F)(F)F)csc1C(=O)O. The molecule has 3 aromatic rings. The summed E-state index contributed by atoms with van der Waals surface area (Å²) in [4.78, 5) is 11.1. The van der Waals surface area contributed by atoms with Crippen LogP contribution in [0.1, 0.15) is 20.8 Å². The van der Waals surface area contributed by atoms with Gasteiger partial charge in [-0.1, -0.05) is 36.4 Å². The van der Waals surface area contributed by atoms with E-state index in [9.17, 15) is 31.5 Å². The molecule has 0 saturated heterocycles. The molecule has 29 heavy (non-hydrogen) atoms. The first-order valence-electron chi connectivity index (χ1n) is 8.12. The Labute approximate surface area is 168 Å². The molecule has 0 amide bonds. The van der Waals surface area contributed by atoms with Crippen LogP contribution in [0.4, 0.5) is 18.9 Å². The zero-order valence-corrected chi connectivity index (χ0v) is 16.5. The summed E-state index contributed by atoms with van der Waals surface area (Å²) in [5.74, 6) is -1.45. The first kappa shape index (κ1) is 20.9. The van der Waals surface area contributed by atoms with Crippen LogP contribution in [-0.4, -0.2) is 19.5 Å². The molecular formula is C19H14F3NO4S2. The number of carbonyl (C=O) groups is 1. The number of alkyl halides is 3. The summed E-state index contributed by atoms with van der Waals surface area (Å²) in [6, 6.07) is 10.6. The zero-order chi connectivity index (χ0) is 21.4. The quantitative estimate of drug-likeness (QED) is 0.567. The van der Waals surface area contributed by atoms with Crippen molar-refractivity contribution < 1.29 is 31.5 Å². The molecule has 0 radical (unpaired) electrons. The molecule has 0 unspecified atom stereocenters. The number of anilines is 1. The molecule has 0 atom stereocenters. The Kier molecular flexibility index (Phi) is 5.42. The van der Waals surface area contributed by atoms with Gasteiger partial charge in [-0.25, -0.2) is 13.2 Å². The van der Waals surface area contributed by atoms with Crippen molar-refractivity contribution in [2.45, 2.75) is 18.0 Å². The van der Waals surface area contributed by atoms with Crippen molar-refractivity contribution in [3.05, 3.63) is 69.9 Å². The molecular weight excluding hydrogens is 427 g/mol. The summed E-state index contributed by atoms with van der Waals surface area (Å²) in [5.41, 5.74) is -1.46. The number of carboxylic acids is 1. The number of carboxylic acid groups (broad SMARTS) is 1. The molecule has 0 spiro atoms. The molecule has 3 rings (SSSR count). The van der Waals surface area contributed by atoms with Crippen LogP contribution in [0.5, 0.6) is 0 Å². The molecule has 1 heterocycles. The average molecular weight is 441 g/mol. The molecule has 1 aromatic heterocycles. The van der Waals surface area contributed by atoms with E-state index in [1.54, 1.807) is 19.1 Å². The van der Waals surface area contributed by atoms with Gasteiger partial charge < -0.3 is 5.11 Å². The Balaban J connectivity index is 2.20. The maximum Gasteiger partial charge on any atom is 0.417 e. The van der Waals surface area contributed by atoms with E-state index >= 15 is 0 Å². The highest BCUT2D eigenvalue weighted by Gasteiger charge is 2.35. The van der Waals surface area contributed by atoms with Crippen LogP contribution < -0.4 is 4.72 Å². The topological polar surface area (TPSA) is 83.5 Å². The molecule has 0 aliphatic carbocycles. The molecule has 152 valence electrons. The summed E-state index contributed by atoms with van der Waals surface area (Å²) in [6.07, 6.45) is -4.70. The molecule has 10 heteroatoms. The van der Waals surface area contributed by atoms with Crippen LogP contribution in [0.25, 0.3) is 11.1 Å². The molecule has 0 aliphatic rings. The summed E-state index contributed by atoms with van der Waals surface area (Å²) in [5, 5.41) is 10.6. The standard InChI is InChI=1S/C19H14F3NO4S2/c1-11-6-2-5-9-15(11)29(26,27)23-16-13(10-28-17(16)18(24)25)12-7-3-4-8-14(12)19(20,21)22/h2-10,23H,1H3,(H,24,25). The summed E-state index contributed by atoms with van der Waals surface area (Å²) >= 11 is 0.645. The second-order valence-electron chi connectivity index (χ2n) is 6.07. The predicted molar refractivity (Wildman–Crippen MR) is 104 cm³/mol. The van der Waals surface area contributed by atoms with Gasteiger partial charge in [-0.3, -0.25) is 4.72 Å². The van der Waals surface area contributed by atoms with Crippen molar-refractivity contribution in [1.29, 1.82) is 0 Å². The fourth-order valence-electron chi connectivity index (χ4n) is 2.83. The average Bonchev–Trinajstić information content (AvgIpc) is 3.04. The number of nitrogens with one attached hydrogen (secondary N) is 1. The molecule has 2 aromatic carbocycles. The van der Waals surface area contributed by atoms with Crippen molar-refractivity contribution in [2.75, 3.05) is 4.72 Å². The van der Waals surface area contributed by atoms with E-state index in [0.29, 0.717) is 16.9 Å². The number of hydrogen-bond acceptors (Lipinski definition) is 4. The van der Waals surface area contributed by atoms with Gasteiger partial charge in [0.2, 0.25) is 0 Å². The van der Waals surface area contributed by atoms with Crippen molar-refractivity contribution in [3.63, 3.8) is 0 Å².